The van der Waals surface area contributed by atoms with Crippen LogP contribution in [0.4, 0.5) is 0 Å². The van der Waals surface area contributed by atoms with Crippen LogP contribution in [0.15, 0.2) is 52.8 Å². The molecule has 1 amide bonds. The van der Waals surface area contributed by atoms with Gasteiger partial charge >= 0.3 is 0 Å². The zero-order valence-corrected chi connectivity index (χ0v) is 21.5. The smallest absolute Gasteiger partial charge is 0.261 e. The van der Waals surface area contributed by atoms with E-state index in [1.54, 1.807) is 0 Å². The fourth-order valence-electron chi connectivity index (χ4n) is 3.78. The van der Waals surface area contributed by atoms with Gasteiger partial charge in [-0.2, -0.15) is 0 Å². The first-order chi connectivity index (χ1) is 14.7. The van der Waals surface area contributed by atoms with Gasteiger partial charge in [0.2, 0.25) is 0 Å². The molecule has 1 fully saturated rings. The number of rotatable bonds is 8. The van der Waals surface area contributed by atoms with Crippen molar-refractivity contribution in [1.82, 2.24) is 20.9 Å². The van der Waals surface area contributed by atoms with Gasteiger partial charge in [0, 0.05) is 45.3 Å². The number of likely N-dealkylation sites (tertiary alicyclic amines) is 1. The Hall–Kier alpha value is -1.65. The van der Waals surface area contributed by atoms with Crippen LogP contribution in [0.5, 0.6) is 0 Å². The predicted octanol–water partition coefficient (Wildman–Crippen LogP) is 3.70. The lowest BCUT2D eigenvalue weighted by atomic mass is 9.97. The lowest BCUT2D eigenvalue weighted by Gasteiger charge is -2.38. The first-order valence-corrected chi connectivity index (χ1v) is 11.6. The highest BCUT2D eigenvalue weighted by molar-refractivity contribution is 14.0. The Morgan fingerprint density at radius 2 is 1.94 bits per heavy atom. The largest absolute Gasteiger partial charge is 0.356 e. The second-order valence-corrected chi connectivity index (χ2v) is 8.70. The fraction of sp³-hybridized carbons (Fsp3) is 0.478. The van der Waals surface area contributed by atoms with Gasteiger partial charge in [-0.15, -0.1) is 35.3 Å². The minimum absolute atomic E-state index is 0. The Morgan fingerprint density at radius 1 is 1.16 bits per heavy atom. The number of thiophene rings is 1. The number of hydrogen-bond acceptors (Lipinski definition) is 4. The first-order valence-electron chi connectivity index (χ1n) is 10.7. The van der Waals surface area contributed by atoms with Gasteiger partial charge in [0.15, 0.2) is 5.96 Å². The van der Waals surface area contributed by atoms with Crippen molar-refractivity contribution in [2.45, 2.75) is 44.8 Å². The summed E-state index contributed by atoms with van der Waals surface area (Å²) < 4.78 is 0. The second-order valence-electron chi connectivity index (χ2n) is 7.76. The van der Waals surface area contributed by atoms with Gasteiger partial charge in [0.05, 0.1) is 4.88 Å². The third kappa shape index (κ3) is 8.42. The molecule has 0 radical (unpaired) electrons. The van der Waals surface area contributed by atoms with Crippen LogP contribution in [-0.4, -0.2) is 55.5 Å². The van der Waals surface area contributed by atoms with E-state index in [4.69, 9.17) is 0 Å². The van der Waals surface area contributed by atoms with Gasteiger partial charge in [-0.3, -0.25) is 14.7 Å². The van der Waals surface area contributed by atoms with Gasteiger partial charge in [0.25, 0.3) is 5.91 Å². The number of halogens is 1. The summed E-state index contributed by atoms with van der Waals surface area (Å²) in [5, 5.41) is 11.8. The number of nitrogens with zero attached hydrogens (tertiary/aromatic N) is 2. The Bertz CT molecular complexity index is 800. The Balaban J connectivity index is 0.00000341. The van der Waals surface area contributed by atoms with E-state index in [0.29, 0.717) is 18.6 Å². The number of carbonyl (C=O) groups excluding carboxylic acids is 1. The zero-order chi connectivity index (χ0) is 21.2. The third-order valence-electron chi connectivity index (χ3n) is 5.48. The molecule has 1 aromatic heterocycles. The van der Waals surface area contributed by atoms with Crippen molar-refractivity contribution in [3.05, 3.63) is 58.3 Å². The van der Waals surface area contributed by atoms with E-state index in [2.05, 4.69) is 63.1 Å². The molecule has 3 N–H and O–H groups in total. The molecule has 0 saturated carbocycles. The molecule has 1 saturated heterocycles. The number of benzene rings is 1. The third-order valence-corrected chi connectivity index (χ3v) is 6.35. The van der Waals surface area contributed by atoms with Crippen LogP contribution >= 0.6 is 35.3 Å². The standard InChI is InChI=1S/C23H33N5OS.HI/c1-18-16-20(11-14-28(18)17-19-8-4-3-5-9-19)27-23(24-2)26-13-7-12-25-22(29)21-10-6-15-30-21;/h3-6,8-10,15,18,20H,7,11-14,16-17H2,1-2H3,(H,25,29)(H2,24,26,27);1H. The molecule has 1 aliphatic rings. The molecule has 1 aliphatic heterocycles. The van der Waals surface area contributed by atoms with Gasteiger partial charge in [-0.25, -0.2) is 0 Å². The average molecular weight is 556 g/mol. The summed E-state index contributed by atoms with van der Waals surface area (Å²) in [5.74, 6) is 0.844. The maximum atomic E-state index is 11.9. The number of amides is 1. The van der Waals surface area contributed by atoms with E-state index < -0.39 is 0 Å². The fourth-order valence-corrected chi connectivity index (χ4v) is 4.42. The maximum Gasteiger partial charge on any atom is 0.261 e. The molecule has 8 heteroatoms. The van der Waals surface area contributed by atoms with Crippen LogP contribution < -0.4 is 16.0 Å². The molecule has 2 unspecified atom stereocenters. The van der Waals surface area contributed by atoms with Crippen molar-refractivity contribution >= 4 is 47.2 Å². The number of hydrogen-bond donors (Lipinski definition) is 3. The Kier molecular flexibility index (Phi) is 11.3. The minimum Gasteiger partial charge on any atom is -0.356 e. The zero-order valence-electron chi connectivity index (χ0n) is 18.3. The highest BCUT2D eigenvalue weighted by atomic mass is 127. The van der Waals surface area contributed by atoms with E-state index in [1.807, 2.05) is 24.6 Å². The van der Waals surface area contributed by atoms with Crippen LogP contribution in [-0.2, 0) is 6.54 Å². The van der Waals surface area contributed by atoms with Crippen molar-refractivity contribution < 1.29 is 4.79 Å². The molecular formula is C23H34IN5OS. The highest BCUT2D eigenvalue weighted by Gasteiger charge is 2.25. The SMILES string of the molecule is CN=C(NCCCNC(=O)c1cccs1)NC1CCN(Cc2ccccc2)C(C)C1.I. The van der Waals surface area contributed by atoms with Crippen LogP contribution in [0.25, 0.3) is 0 Å². The van der Waals surface area contributed by atoms with Crippen molar-refractivity contribution in [3.8, 4) is 0 Å². The lowest BCUT2D eigenvalue weighted by Crippen LogP contribution is -2.51. The van der Waals surface area contributed by atoms with Crippen LogP contribution in [0.2, 0.25) is 0 Å². The second kappa shape index (κ2) is 13.7. The number of carbonyl (C=O) groups is 1. The van der Waals surface area contributed by atoms with Crippen molar-refractivity contribution in [1.29, 1.82) is 0 Å². The number of nitrogens with one attached hydrogen (secondary N) is 3. The molecule has 31 heavy (non-hydrogen) atoms. The molecule has 2 atom stereocenters. The monoisotopic (exact) mass is 555 g/mol. The minimum atomic E-state index is 0. The number of guanidine groups is 1. The molecule has 2 heterocycles. The molecule has 0 aliphatic carbocycles. The van der Waals surface area contributed by atoms with Crippen LogP contribution in [0.1, 0.15) is 41.4 Å². The van der Waals surface area contributed by atoms with E-state index in [0.717, 1.165) is 49.7 Å². The van der Waals surface area contributed by atoms with E-state index >= 15 is 0 Å². The quantitative estimate of drug-likeness (QED) is 0.201. The molecule has 0 spiro atoms. The number of piperidine rings is 1. The molecule has 1 aromatic carbocycles. The summed E-state index contributed by atoms with van der Waals surface area (Å²) in [4.78, 5) is 19.6. The summed E-state index contributed by atoms with van der Waals surface area (Å²) in [5.41, 5.74) is 1.37. The highest BCUT2D eigenvalue weighted by Crippen LogP contribution is 2.19. The van der Waals surface area contributed by atoms with Gasteiger partial charge < -0.3 is 16.0 Å². The molecule has 3 rings (SSSR count). The first kappa shape index (κ1) is 25.6. The van der Waals surface area contributed by atoms with Crippen molar-refractivity contribution in [2.24, 2.45) is 4.99 Å². The topological polar surface area (TPSA) is 68.8 Å². The molecule has 0 bridgehead atoms. The van der Waals surface area contributed by atoms with Crippen LogP contribution in [0, 0.1) is 0 Å². The summed E-state index contributed by atoms with van der Waals surface area (Å²) in [6.45, 7) is 5.82. The van der Waals surface area contributed by atoms with Gasteiger partial charge in [0.1, 0.15) is 0 Å². The van der Waals surface area contributed by atoms with Crippen molar-refractivity contribution in [2.75, 3.05) is 26.7 Å². The van der Waals surface area contributed by atoms with E-state index in [9.17, 15) is 4.79 Å². The summed E-state index contributed by atoms with van der Waals surface area (Å²) in [7, 11) is 1.81. The molecule has 2 aromatic rings. The molecule has 170 valence electrons. The predicted molar refractivity (Wildman–Crippen MR) is 141 cm³/mol. The summed E-state index contributed by atoms with van der Waals surface area (Å²) in [6, 6.07) is 15.4. The summed E-state index contributed by atoms with van der Waals surface area (Å²) >= 11 is 1.46. The summed E-state index contributed by atoms with van der Waals surface area (Å²) in [6.07, 6.45) is 3.06. The number of aliphatic imine (C=N–C) groups is 1. The molecule has 6 nitrogen and oxygen atoms in total. The maximum absolute atomic E-state index is 11.9. The Morgan fingerprint density at radius 3 is 2.61 bits per heavy atom. The van der Waals surface area contributed by atoms with Gasteiger partial charge in [-0.05, 0) is 43.2 Å². The normalized spacial score (nSPS) is 19.4. The van der Waals surface area contributed by atoms with Gasteiger partial charge in [-0.1, -0.05) is 36.4 Å². The molecular weight excluding hydrogens is 521 g/mol. The van der Waals surface area contributed by atoms with Crippen molar-refractivity contribution in [3.63, 3.8) is 0 Å². The van der Waals surface area contributed by atoms with E-state index in [-0.39, 0.29) is 29.9 Å². The van der Waals surface area contributed by atoms with E-state index in [1.165, 1.54) is 16.9 Å². The average Bonchev–Trinajstić information content (AvgIpc) is 3.30. The lowest BCUT2D eigenvalue weighted by molar-refractivity contribution is 0.0957. The van der Waals surface area contributed by atoms with Crippen LogP contribution in [0.3, 0.4) is 0 Å². The Labute approximate surface area is 206 Å².